The Bertz CT molecular complexity index is 825. The maximum atomic E-state index is 12.2. The van der Waals surface area contributed by atoms with Gasteiger partial charge in [0, 0.05) is 44.2 Å². The molecule has 2 rings (SSSR count). The molecule has 0 aromatic heterocycles. The number of likely N-dealkylation sites (N-methyl/N-ethyl adjacent to an activating group) is 1. The van der Waals surface area contributed by atoms with Crippen molar-refractivity contribution in [2.75, 3.05) is 13.7 Å². The third kappa shape index (κ3) is 9.72. The van der Waals surface area contributed by atoms with Crippen molar-refractivity contribution >= 4 is 21.5 Å². The standard InChI is InChI=1S/C27H45BN3O3P/c1-8-17-27(5,33-19-24-12-10-9-11-13-24)22(3)30-28(6)34-20-25-14-15-26(35-25)31(23(4)32)18-16-21(2)29-7/h9-13,16,18,22,25-26,29-30,35H,2,8,14-15,17,19-20H2,1,3-7H3/b18-16-. The lowest BCUT2D eigenvalue weighted by molar-refractivity contribution is -0.126. The van der Waals surface area contributed by atoms with Gasteiger partial charge in [-0.3, -0.25) is 4.79 Å². The monoisotopic (exact) mass is 501 g/mol. The van der Waals surface area contributed by atoms with Crippen LogP contribution < -0.4 is 10.5 Å². The number of amides is 1. The molecule has 5 unspecified atom stereocenters. The lowest BCUT2D eigenvalue weighted by Gasteiger charge is -2.37. The highest BCUT2D eigenvalue weighted by Crippen LogP contribution is 2.42. The molecule has 5 atom stereocenters. The highest BCUT2D eigenvalue weighted by Gasteiger charge is 2.34. The first kappa shape index (κ1) is 29.6. The van der Waals surface area contributed by atoms with Crippen LogP contribution in [0.2, 0.25) is 6.82 Å². The van der Waals surface area contributed by atoms with Crippen molar-refractivity contribution in [3.63, 3.8) is 0 Å². The van der Waals surface area contributed by atoms with E-state index in [0.717, 1.165) is 31.4 Å². The van der Waals surface area contributed by atoms with Crippen LogP contribution in [-0.2, 0) is 20.8 Å². The van der Waals surface area contributed by atoms with Crippen LogP contribution >= 0.6 is 8.58 Å². The summed E-state index contributed by atoms with van der Waals surface area (Å²) in [5, 5.41) is 6.61. The second-order valence-corrected chi connectivity index (χ2v) is 11.5. The molecule has 1 amide bonds. The zero-order chi connectivity index (χ0) is 25.8. The van der Waals surface area contributed by atoms with Gasteiger partial charge < -0.3 is 24.8 Å². The summed E-state index contributed by atoms with van der Waals surface area (Å²) in [5.74, 6) is 0.308. The summed E-state index contributed by atoms with van der Waals surface area (Å²) in [4.78, 5) is 14.0. The molecule has 6 nitrogen and oxygen atoms in total. The molecule has 1 aliphatic rings. The molecule has 194 valence electrons. The molecule has 35 heavy (non-hydrogen) atoms. The first-order valence-corrected chi connectivity index (χ1v) is 14.0. The smallest absolute Gasteiger partial charge is 0.376 e. The molecule has 0 bridgehead atoms. The van der Waals surface area contributed by atoms with Crippen molar-refractivity contribution < 1.29 is 14.2 Å². The topological polar surface area (TPSA) is 62.8 Å². The summed E-state index contributed by atoms with van der Waals surface area (Å²) in [6, 6.07) is 10.5. The van der Waals surface area contributed by atoms with E-state index in [1.54, 1.807) is 6.92 Å². The van der Waals surface area contributed by atoms with Crippen molar-refractivity contribution in [2.45, 2.75) is 89.9 Å². The Labute approximate surface area is 215 Å². The van der Waals surface area contributed by atoms with Gasteiger partial charge in [-0.05, 0) is 51.6 Å². The Balaban J connectivity index is 1.84. The number of nitrogens with one attached hydrogen (secondary N) is 2. The SMILES string of the molecule is C=C(/C=C\N(C(C)=O)C1CCC(COB(C)NC(C)C(C)(CCC)OCc2ccccc2)P1)NC. The molecule has 8 heteroatoms. The van der Waals surface area contributed by atoms with Gasteiger partial charge in [0.05, 0.1) is 18.0 Å². The van der Waals surface area contributed by atoms with Crippen LogP contribution in [0.4, 0.5) is 0 Å². The van der Waals surface area contributed by atoms with E-state index in [4.69, 9.17) is 9.39 Å². The van der Waals surface area contributed by atoms with Crippen LogP contribution in [0.3, 0.4) is 0 Å². The van der Waals surface area contributed by atoms with Gasteiger partial charge in [0.2, 0.25) is 5.91 Å². The molecular formula is C27H45BN3O3P. The minimum Gasteiger partial charge on any atom is -0.421 e. The summed E-state index contributed by atoms with van der Waals surface area (Å²) >= 11 is 0. The Morgan fingerprint density at radius 3 is 2.71 bits per heavy atom. The number of hydrogen-bond donors (Lipinski definition) is 2. The van der Waals surface area contributed by atoms with Gasteiger partial charge in [-0.15, -0.1) is 0 Å². The molecule has 0 saturated carbocycles. The Morgan fingerprint density at radius 1 is 1.37 bits per heavy atom. The van der Waals surface area contributed by atoms with Gasteiger partial charge in [0.25, 0.3) is 0 Å². The first-order chi connectivity index (χ1) is 16.7. The van der Waals surface area contributed by atoms with Crippen LogP contribution in [-0.4, -0.2) is 54.6 Å². The fourth-order valence-corrected chi connectivity index (χ4v) is 6.23. The third-order valence-corrected chi connectivity index (χ3v) is 8.66. The summed E-state index contributed by atoms with van der Waals surface area (Å²) in [6.45, 7) is 15.5. The van der Waals surface area contributed by atoms with E-state index in [0.29, 0.717) is 27.5 Å². The molecule has 1 saturated heterocycles. The first-order valence-electron chi connectivity index (χ1n) is 12.8. The molecule has 2 N–H and O–H groups in total. The maximum Gasteiger partial charge on any atom is 0.376 e. The Morgan fingerprint density at radius 2 is 2.09 bits per heavy atom. The maximum absolute atomic E-state index is 12.2. The molecule has 1 aromatic carbocycles. The van der Waals surface area contributed by atoms with E-state index >= 15 is 0 Å². The van der Waals surface area contributed by atoms with E-state index in [1.807, 2.05) is 42.4 Å². The predicted molar refractivity (Wildman–Crippen MR) is 150 cm³/mol. The van der Waals surface area contributed by atoms with Gasteiger partial charge in [-0.2, -0.15) is 0 Å². The highest BCUT2D eigenvalue weighted by atomic mass is 31.1. The van der Waals surface area contributed by atoms with Crippen LogP contribution in [0.15, 0.2) is 54.9 Å². The van der Waals surface area contributed by atoms with Gasteiger partial charge in [0.1, 0.15) is 0 Å². The fourth-order valence-electron chi connectivity index (χ4n) is 4.40. The van der Waals surface area contributed by atoms with Crippen molar-refractivity contribution in [3.8, 4) is 0 Å². The zero-order valence-corrected chi connectivity index (χ0v) is 23.5. The van der Waals surface area contributed by atoms with Crippen LogP contribution in [0.1, 0.15) is 58.9 Å². The highest BCUT2D eigenvalue weighted by molar-refractivity contribution is 7.40. The summed E-state index contributed by atoms with van der Waals surface area (Å²) in [6.07, 6.45) is 7.82. The molecular weight excluding hydrogens is 456 g/mol. The average molecular weight is 501 g/mol. The number of nitrogens with zero attached hydrogens (tertiary/aromatic N) is 1. The lowest BCUT2D eigenvalue weighted by Crippen LogP contribution is -2.54. The van der Waals surface area contributed by atoms with Crippen LogP contribution in [0.25, 0.3) is 0 Å². The zero-order valence-electron chi connectivity index (χ0n) is 22.5. The largest absolute Gasteiger partial charge is 0.421 e. The molecule has 1 aromatic rings. The van der Waals surface area contributed by atoms with Gasteiger partial charge in [-0.1, -0.05) is 58.8 Å². The van der Waals surface area contributed by atoms with E-state index in [-0.39, 0.29) is 30.4 Å². The summed E-state index contributed by atoms with van der Waals surface area (Å²) < 4.78 is 12.7. The van der Waals surface area contributed by atoms with Crippen molar-refractivity contribution in [1.29, 1.82) is 0 Å². The van der Waals surface area contributed by atoms with E-state index in [9.17, 15) is 4.79 Å². The number of allylic oxidation sites excluding steroid dienone is 1. The molecule has 0 spiro atoms. The van der Waals surface area contributed by atoms with Gasteiger partial charge in [0.15, 0.2) is 0 Å². The predicted octanol–water partition coefficient (Wildman–Crippen LogP) is 5.14. The van der Waals surface area contributed by atoms with E-state index in [1.165, 1.54) is 5.56 Å². The molecule has 1 fully saturated rings. The molecule has 1 aliphatic heterocycles. The normalized spacial score (nSPS) is 21.1. The number of hydrogen-bond acceptors (Lipinski definition) is 5. The lowest BCUT2D eigenvalue weighted by atomic mass is 9.81. The molecule has 0 aliphatic carbocycles. The molecule has 1 heterocycles. The second kappa shape index (κ2) is 14.8. The third-order valence-electron chi connectivity index (χ3n) is 6.78. The minimum atomic E-state index is -0.284. The van der Waals surface area contributed by atoms with Crippen LogP contribution in [0, 0.1) is 0 Å². The van der Waals surface area contributed by atoms with Gasteiger partial charge >= 0.3 is 7.05 Å². The number of rotatable bonds is 15. The Kier molecular flexibility index (Phi) is 12.5. The number of carbonyl (C=O) groups is 1. The van der Waals surface area contributed by atoms with E-state index < -0.39 is 0 Å². The van der Waals surface area contributed by atoms with Crippen molar-refractivity contribution in [3.05, 3.63) is 60.4 Å². The number of carbonyl (C=O) groups excluding carboxylic acids is 1. The quantitative estimate of drug-likeness (QED) is 0.198. The van der Waals surface area contributed by atoms with E-state index in [2.05, 4.69) is 56.9 Å². The number of benzene rings is 1. The summed E-state index contributed by atoms with van der Waals surface area (Å²) in [7, 11) is 2.41. The fraction of sp³-hybridized carbons (Fsp3) is 0.593. The van der Waals surface area contributed by atoms with Gasteiger partial charge in [-0.25, -0.2) is 0 Å². The van der Waals surface area contributed by atoms with Crippen LogP contribution in [0.5, 0.6) is 0 Å². The second-order valence-electron chi connectivity index (χ2n) is 9.67. The number of ether oxygens (including phenoxy) is 1. The molecule has 0 radical (unpaired) electrons. The Hall–Kier alpha value is -1.66. The van der Waals surface area contributed by atoms with Crippen molar-refractivity contribution in [2.24, 2.45) is 0 Å². The minimum absolute atomic E-state index is 0.0683. The average Bonchev–Trinajstić information content (AvgIpc) is 3.30. The summed E-state index contributed by atoms with van der Waals surface area (Å²) in [5.41, 5.74) is 2.16. The van der Waals surface area contributed by atoms with Crippen molar-refractivity contribution in [1.82, 2.24) is 15.4 Å².